The fraction of sp³-hybridized carbons (Fsp3) is 0.897. The Kier molecular flexibility index (Phi) is 66.3. The number of carbonyl (C=O) groups excluding carboxylic acids is 4. The number of hydrogen-bond donors (Lipinski definition) is 3. The van der Waals surface area contributed by atoms with Gasteiger partial charge in [-0.25, -0.2) is 9.13 Å². The summed E-state index contributed by atoms with van der Waals surface area (Å²) >= 11 is 0. The highest BCUT2D eigenvalue weighted by atomic mass is 31.2. The molecule has 5 atom stereocenters. The SMILES string of the molecule is CCCCCC/C=C\C=C/CCCCCCCC(=O)OC[C@H](COP(=O)(O)OCC(O)COP(=O)(O)OC[C@@H](COC(=O)CCCCCCCCCCC(C)C)OC(=O)CCCCCCCCCC(C)C)OC(=O)CCCCCCCCCCCCCCCCCCCCC(C)C. The summed E-state index contributed by atoms with van der Waals surface area (Å²) in [5.74, 6) is 0.0878. The van der Waals surface area contributed by atoms with E-state index in [0.717, 1.165) is 121 Å². The summed E-state index contributed by atoms with van der Waals surface area (Å²) in [5, 5.41) is 10.6. The molecule has 0 aromatic carbocycles. The first-order valence-corrected chi connectivity index (χ1v) is 42.7. The zero-order valence-electron chi connectivity index (χ0n) is 63.0. The van der Waals surface area contributed by atoms with Crippen LogP contribution >= 0.6 is 15.6 Å². The molecular formula is C78H148O17P2. The Hall–Kier alpha value is -2.46. The van der Waals surface area contributed by atoms with Crippen molar-refractivity contribution in [1.82, 2.24) is 0 Å². The van der Waals surface area contributed by atoms with Crippen molar-refractivity contribution in [3.8, 4) is 0 Å². The second-order valence-electron chi connectivity index (χ2n) is 28.8. The molecule has 0 spiro atoms. The van der Waals surface area contributed by atoms with E-state index in [-0.39, 0.29) is 25.7 Å². The summed E-state index contributed by atoms with van der Waals surface area (Å²) in [6, 6.07) is 0. The van der Waals surface area contributed by atoms with Gasteiger partial charge in [0.1, 0.15) is 19.3 Å². The Morgan fingerprint density at radius 2 is 0.557 bits per heavy atom. The first kappa shape index (κ1) is 94.5. The van der Waals surface area contributed by atoms with E-state index in [4.69, 9.17) is 37.0 Å². The van der Waals surface area contributed by atoms with Crippen LogP contribution in [0, 0.1) is 17.8 Å². The Morgan fingerprint density at radius 3 is 0.835 bits per heavy atom. The Labute approximate surface area is 592 Å². The van der Waals surface area contributed by atoms with Gasteiger partial charge in [-0.15, -0.1) is 0 Å². The monoisotopic (exact) mass is 1420 g/mol. The molecule has 0 rings (SSSR count). The third-order valence-corrected chi connectivity index (χ3v) is 19.4. The minimum atomic E-state index is -4.97. The maximum atomic E-state index is 13.1. The minimum Gasteiger partial charge on any atom is -0.462 e. The Bertz CT molecular complexity index is 1980. The number of carbonyl (C=O) groups is 4. The minimum absolute atomic E-state index is 0.100. The summed E-state index contributed by atoms with van der Waals surface area (Å²) in [4.78, 5) is 72.8. The van der Waals surface area contributed by atoms with Gasteiger partial charge < -0.3 is 33.8 Å². The van der Waals surface area contributed by atoms with Gasteiger partial charge in [0.05, 0.1) is 26.4 Å². The van der Waals surface area contributed by atoms with Gasteiger partial charge in [0, 0.05) is 25.7 Å². The Morgan fingerprint density at radius 1 is 0.320 bits per heavy atom. The van der Waals surface area contributed by atoms with Crippen molar-refractivity contribution in [2.24, 2.45) is 17.8 Å². The predicted molar refractivity (Wildman–Crippen MR) is 395 cm³/mol. The highest BCUT2D eigenvalue weighted by Gasteiger charge is 2.30. The van der Waals surface area contributed by atoms with Crippen LogP contribution in [0.25, 0.3) is 0 Å². The van der Waals surface area contributed by atoms with E-state index in [9.17, 15) is 43.2 Å². The smallest absolute Gasteiger partial charge is 0.462 e. The maximum absolute atomic E-state index is 13.1. The van der Waals surface area contributed by atoms with E-state index in [1.807, 2.05) is 0 Å². The summed E-state index contributed by atoms with van der Waals surface area (Å²) in [7, 11) is -9.92. The topological polar surface area (TPSA) is 237 Å². The van der Waals surface area contributed by atoms with Gasteiger partial charge >= 0.3 is 39.5 Å². The molecule has 0 aliphatic heterocycles. The third kappa shape index (κ3) is 71.7. The number of esters is 4. The van der Waals surface area contributed by atoms with Crippen LogP contribution in [0.15, 0.2) is 24.3 Å². The molecule has 572 valence electrons. The summed E-state index contributed by atoms with van der Waals surface area (Å²) in [6.07, 6.45) is 58.0. The highest BCUT2D eigenvalue weighted by Crippen LogP contribution is 2.45. The van der Waals surface area contributed by atoms with Crippen LogP contribution in [-0.2, 0) is 65.4 Å². The lowest BCUT2D eigenvalue weighted by molar-refractivity contribution is -0.161. The first-order chi connectivity index (χ1) is 46.7. The van der Waals surface area contributed by atoms with E-state index in [2.05, 4.69) is 72.8 Å². The number of phosphoric ester groups is 2. The summed E-state index contributed by atoms with van der Waals surface area (Å²) in [6.45, 7) is 11.8. The second kappa shape index (κ2) is 68.0. The molecule has 0 radical (unpaired) electrons. The van der Waals surface area contributed by atoms with Crippen LogP contribution in [0.3, 0.4) is 0 Å². The number of phosphoric acid groups is 2. The molecule has 0 fully saturated rings. The lowest BCUT2D eigenvalue weighted by Gasteiger charge is -2.21. The van der Waals surface area contributed by atoms with Gasteiger partial charge in [0.15, 0.2) is 12.2 Å². The van der Waals surface area contributed by atoms with Gasteiger partial charge in [-0.1, -0.05) is 323 Å². The van der Waals surface area contributed by atoms with Gasteiger partial charge in [0.2, 0.25) is 0 Å². The molecule has 0 aromatic heterocycles. The quantitative estimate of drug-likeness (QED) is 0.0169. The average Bonchev–Trinajstić information content (AvgIpc) is 2.58. The fourth-order valence-corrected chi connectivity index (χ4v) is 13.0. The molecule has 0 aliphatic carbocycles. The molecule has 17 nitrogen and oxygen atoms in total. The molecule has 0 aliphatic rings. The van der Waals surface area contributed by atoms with Crippen LogP contribution in [0.1, 0.15) is 376 Å². The van der Waals surface area contributed by atoms with Gasteiger partial charge in [0.25, 0.3) is 0 Å². The molecule has 3 N–H and O–H groups in total. The number of allylic oxidation sites excluding steroid dienone is 4. The predicted octanol–water partition coefficient (Wildman–Crippen LogP) is 22.5. The van der Waals surface area contributed by atoms with Crippen LogP contribution in [0.5, 0.6) is 0 Å². The zero-order chi connectivity index (χ0) is 71.6. The van der Waals surface area contributed by atoms with Crippen molar-refractivity contribution >= 4 is 39.5 Å². The van der Waals surface area contributed by atoms with E-state index in [1.54, 1.807) is 0 Å². The molecule has 0 aromatic rings. The van der Waals surface area contributed by atoms with E-state index in [0.29, 0.717) is 31.6 Å². The van der Waals surface area contributed by atoms with Crippen LogP contribution in [-0.4, -0.2) is 96.7 Å². The molecule has 19 heteroatoms. The Balaban J connectivity index is 5.24. The largest absolute Gasteiger partial charge is 0.472 e. The van der Waals surface area contributed by atoms with Crippen LogP contribution in [0.4, 0.5) is 0 Å². The van der Waals surface area contributed by atoms with E-state index in [1.165, 1.54) is 167 Å². The van der Waals surface area contributed by atoms with Crippen molar-refractivity contribution in [1.29, 1.82) is 0 Å². The van der Waals surface area contributed by atoms with Crippen molar-refractivity contribution in [3.05, 3.63) is 24.3 Å². The van der Waals surface area contributed by atoms with Crippen molar-refractivity contribution in [3.63, 3.8) is 0 Å². The zero-order valence-corrected chi connectivity index (χ0v) is 64.8. The molecule has 0 saturated carbocycles. The first-order valence-electron chi connectivity index (χ1n) is 39.7. The van der Waals surface area contributed by atoms with Gasteiger partial charge in [-0.2, -0.15) is 0 Å². The number of hydrogen-bond acceptors (Lipinski definition) is 15. The number of aliphatic hydroxyl groups excluding tert-OH is 1. The normalized spacial score (nSPS) is 14.2. The second-order valence-corrected chi connectivity index (χ2v) is 31.7. The third-order valence-electron chi connectivity index (χ3n) is 17.5. The summed E-state index contributed by atoms with van der Waals surface area (Å²) < 4.78 is 68.5. The lowest BCUT2D eigenvalue weighted by Crippen LogP contribution is -2.30. The van der Waals surface area contributed by atoms with Crippen molar-refractivity contribution < 1.29 is 80.2 Å². The highest BCUT2D eigenvalue weighted by molar-refractivity contribution is 7.47. The molecule has 0 amide bonds. The number of ether oxygens (including phenoxy) is 4. The van der Waals surface area contributed by atoms with E-state index >= 15 is 0 Å². The number of aliphatic hydroxyl groups is 1. The summed E-state index contributed by atoms with van der Waals surface area (Å²) in [5.41, 5.74) is 0. The van der Waals surface area contributed by atoms with E-state index < -0.39 is 97.5 Å². The van der Waals surface area contributed by atoms with Gasteiger partial charge in [-0.3, -0.25) is 37.3 Å². The van der Waals surface area contributed by atoms with Gasteiger partial charge in [-0.05, 0) is 69.1 Å². The van der Waals surface area contributed by atoms with Crippen molar-refractivity contribution in [2.45, 2.75) is 394 Å². The molecule has 0 saturated heterocycles. The number of unbranched alkanes of at least 4 members (excludes halogenated alkanes) is 39. The van der Waals surface area contributed by atoms with Crippen LogP contribution < -0.4 is 0 Å². The molecule has 0 bridgehead atoms. The van der Waals surface area contributed by atoms with Crippen molar-refractivity contribution in [2.75, 3.05) is 39.6 Å². The molecular weight excluding hydrogens is 1270 g/mol. The molecule has 97 heavy (non-hydrogen) atoms. The maximum Gasteiger partial charge on any atom is 0.472 e. The molecule has 0 heterocycles. The van der Waals surface area contributed by atoms with Crippen LogP contribution in [0.2, 0.25) is 0 Å². The number of rotatable bonds is 74. The fourth-order valence-electron chi connectivity index (χ4n) is 11.4. The lowest BCUT2D eigenvalue weighted by atomic mass is 10.0. The average molecular weight is 1420 g/mol. The standard InChI is InChI=1S/C78H148O17P2/c1-8-9-10-11-12-13-14-15-20-24-27-30-38-45-52-59-75(80)88-65-73(94-77(82)61-54-47-40-31-28-25-22-19-17-16-18-21-23-26-29-35-42-49-56-69(2)3)67-92-96(84,85)90-63-72(79)64-91-97(86,87)93-68-74(95-78(83)62-55-48-41-34-37-44-51-58-71(6)7)66-89-76(81)60-53-46-39-33-32-36-43-50-57-70(4)5/h13-15,20,69-74,79H,8-12,16-19,21-68H2,1-7H3,(H,84,85)(H,86,87)/b14-13-,20-15-/t72?,73-,74-/m1/s1. The molecule has 3 unspecified atom stereocenters.